The first-order valence-corrected chi connectivity index (χ1v) is 9.16. The monoisotopic (exact) mass is 350 g/mol. The van der Waals surface area contributed by atoms with Gasteiger partial charge in [0.2, 0.25) is 5.82 Å². The lowest BCUT2D eigenvalue weighted by Gasteiger charge is -2.09. The summed E-state index contributed by atoms with van der Waals surface area (Å²) in [7, 11) is 0. The highest BCUT2D eigenvalue weighted by Gasteiger charge is 2.13. The predicted molar refractivity (Wildman–Crippen MR) is 104 cm³/mol. The fraction of sp³-hybridized carbons (Fsp3) is 0.364. The zero-order chi connectivity index (χ0) is 18.5. The minimum Gasteiger partial charge on any atom is -0.379 e. The van der Waals surface area contributed by atoms with Gasteiger partial charge in [-0.2, -0.15) is 4.98 Å². The lowest BCUT2D eigenvalue weighted by atomic mass is 10.0. The molecule has 0 aliphatic rings. The molecule has 3 aromatic rings. The predicted octanol–water partition coefficient (Wildman–Crippen LogP) is 5.38. The molecule has 3 rings (SSSR count). The normalized spacial score (nSPS) is 11.3. The average Bonchev–Trinajstić information content (AvgIpc) is 3.10. The summed E-state index contributed by atoms with van der Waals surface area (Å²) in [6.45, 7) is 9.10. The molecular formula is C22H26N2O2. The molecule has 136 valence electrons. The lowest BCUT2D eigenvalue weighted by Crippen LogP contribution is -2.05. The first kappa shape index (κ1) is 18.3. The number of benzene rings is 2. The van der Waals surface area contributed by atoms with Crippen LogP contribution in [0.5, 0.6) is 0 Å². The highest BCUT2D eigenvalue weighted by molar-refractivity contribution is 5.63. The van der Waals surface area contributed by atoms with E-state index in [0.717, 1.165) is 36.1 Å². The maximum absolute atomic E-state index is 5.62. The Bertz CT molecular complexity index is 868. The topological polar surface area (TPSA) is 48.2 Å². The van der Waals surface area contributed by atoms with Gasteiger partial charge in [-0.15, -0.1) is 0 Å². The Labute approximate surface area is 155 Å². The van der Waals surface area contributed by atoms with E-state index in [9.17, 15) is 0 Å². The van der Waals surface area contributed by atoms with Crippen LogP contribution in [0.1, 0.15) is 37.0 Å². The van der Waals surface area contributed by atoms with Crippen molar-refractivity contribution in [1.82, 2.24) is 10.1 Å². The van der Waals surface area contributed by atoms with Crippen LogP contribution in [0.15, 0.2) is 47.0 Å². The van der Waals surface area contributed by atoms with E-state index in [1.807, 2.05) is 31.2 Å². The van der Waals surface area contributed by atoms with Gasteiger partial charge in [0.05, 0.1) is 6.10 Å². The van der Waals surface area contributed by atoms with E-state index in [1.165, 1.54) is 11.1 Å². The van der Waals surface area contributed by atoms with Gasteiger partial charge in [0.15, 0.2) is 0 Å². The minimum absolute atomic E-state index is 0.291. The van der Waals surface area contributed by atoms with Gasteiger partial charge in [-0.1, -0.05) is 35.5 Å². The van der Waals surface area contributed by atoms with Crippen LogP contribution in [0.25, 0.3) is 22.8 Å². The summed E-state index contributed by atoms with van der Waals surface area (Å²) in [5.41, 5.74) is 5.66. The quantitative estimate of drug-likeness (QED) is 0.537. The molecule has 0 radical (unpaired) electrons. The third kappa shape index (κ3) is 4.38. The Morgan fingerprint density at radius 3 is 2.58 bits per heavy atom. The van der Waals surface area contributed by atoms with Crippen molar-refractivity contribution in [1.29, 1.82) is 0 Å². The van der Waals surface area contributed by atoms with Crippen LogP contribution in [0.4, 0.5) is 0 Å². The fourth-order valence-corrected chi connectivity index (χ4v) is 2.96. The Kier molecular flexibility index (Phi) is 5.84. The number of hydrogen-bond acceptors (Lipinski definition) is 4. The van der Waals surface area contributed by atoms with Crippen molar-refractivity contribution in [2.75, 3.05) is 6.61 Å². The second-order valence-corrected chi connectivity index (χ2v) is 6.90. The molecule has 1 aromatic heterocycles. The van der Waals surface area contributed by atoms with Crippen LogP contribution >= 0.6 is 0 Å². The molecule has 0 atom stereocenters. The van der Waals surface area contributed by atoms with Crippen molar-refractivity contribution in [3.63, 3.8) is 0 Å². The Balaban J connectivity index is 1.72. The Morgan fingerprint density at radius 1 is 1.04 bits per heavy atom. The second-order valence-electron chi connectivity index (χ2n) is 6.90. The summed E-state index contributed by atoms with van der Waals surface area (Å²) in [4.78, 5) is 4.58. The molecule has 0 saturated heterocycles. The molecule has 0 unspecified atom stereocenters. The van der Waals surface area contributed by atoms with Gasteiger partial charge >= 0.3 is 0 Å². The molecule has 0 bridgehead atoms. The Hall–Kier alpha value is -2.46. The van der Waals surface area contributed by atoms with Crippen molar-refractivity contribution in [2.24, 2.45) is 0 Å². The average molecular weight is 350 g/mol. The number of rotatable bonds is 7. The van der Waals surface area contributed by atoms with Crippen LogP contribution in [0, 0.1) is 13.8 Å². The SMILES string of the molecule is Cc1cc(-c2noc(-c3ccccc3C)n2)ccc1CCCOC(C)C. The molecule has 0 aliphatic carbocycles. The van der Waals surface area contributed by atoms with E-state index in [1.54, 1.807) is 0 Å². The summed E-state index contributed by atoms with van der Waals surface area (Å²) in [5.74, 6) is 1.19. The maximum atomic E-state index is 5.62. The summed E-state index contributed by atoms with van der Waals surface area (Å²) < 4.78 is 11.1. The van der Waals surface area contributed by atoms with Gasteiger partial charge in [0.25, 0.3) is 5.89 Å². The zero-order valence-corrected chi connectivity index (χ0v) is 16.0. The number of nitrogens with zero attached hydrogens (tertiary/aromatic N) is 2. The van der Waals surface area contributed by atoms with E-state index < -0.39 is 0 Å². The van der Waals surface area contributed by atoms with Crippen molar-refractivity contribution >= 4 is 0 Å². The molecule has 0 amide bonds. The van der Waals surface area contributed by atoms with Gasteiger partial charge in [-0.3, -0.25) is 0 Å². The molecular weight excluding hydrogens is 324 g/mol. The van der Waals surface area contributed by atoms with Crippen molar-refractivity contribution in [3.05, 3.63) is 59.2 Å². The standard InChI is InChI=1S/C22H26N2O2/c1-15(2)25-13-7-9-18-11-12-19(14-17(18)4)21-23-22(26-24-21)20-10-6-5-8-16(20)3/h5-6,8,10-12,14-15H,7,9,13H2,1-4H3. The third-order valence-electron chi connectivity index (χ3n) is 4.44. The van der Waals surface area contributed by atoms with Gasteiger partial charge < -0.3 is 9.26 Å². The molecule has 1 heterocycles. The molecule has 0 spiro atoms. The zero-order valence-electron chi connectivity index (χ0n) is 16.0. The van der Waals surface area contributed by atoms with Gasteiger partial charge in [0.1, 0.15) is 0 Å². The van der Waals surface area contributed by atoms with E-state index in [-0.39, 0.29) is 0 Å². The van der Waals surface area contributed by atoms with E-state index in [4.69, 9.17) is 9.26 Å². The van der Waals surface area contributed by atoms with E-state index >= 15 is 0 Å². The van der Waals surface area contributed by atoms with Crippen molar-refractivity contribution in [2.45, 2.75) is 46.6 Å². The second kappa shape index (κ2) is 8.28. The third-order valence-corrected chi connectivity index (χ3v) is 4.44. The van der Waals surface area contributed by atoms with Crippen LogP contribution in [0.3, 0.4) is 0 Å². The largest absolute Gasteiger partial charge is 0.379 e. The summed E-state index contributed by atoms with van der Waals surface area (Å²) in [6.07, 6.45) is 2.33. The van der Waals surface area contributed by atoms with Gasteiger partial charge in [-0.25, -0.2) is 0 Å². The highest BCUT2D eigenvalue weighted by atomic mass is 16.5. The summed E-state index contributed by atoms with van der Waals surface area (Å²) in [6, 6.07) is 14.4. The first-order valence-electron chi connectivity index (χ1n) is 9.16. The minimum atomic E-state index is 0.291. The smallest absolute Gasteiger partial charge is 0.258 e. The van der Waals surface area contributed by atoms with Crippen LogP contribution < -0.4 is 0 Å². The molecule has 26 heavy (non-hydrogen) atoms. The first-order chi connectivity index (χ1) is 12.5. The molecule has 4 heteroatoms. The number of aryl methyl sites for hydroxylation is 3. The molecule has 4 nitrogen and oxygen atoms in total. The van der Waals surface area contributed by atoms with Crippen molar-refractivity contribution in [3.8, 4) is 22.8 Å². The molecule has 0 saturated carbocycles. The fourth-order valence-electron chi connectivity index (χ4n) is 2.96. The van der Waals surface area contributed by atoms with Crippen LogP contribution in [-0.2, 0) is 11.2 Å². The number of hydrogen-bond donors (Lipinski definition) is 0. The molecule has 0 fully saturated rings. The van der Waals surface area contributed by atoms with Gasteiger partial charge in [-0.05, 0) is 69.4 Å². The van der Waals surface area contributed by atoms with E-state index in [2.05, 4.69) is 49.1 Å². The van der Waals surface area contributed by atoms with Crippen LogP contribution in [-0.4, -0.2) is 22.9 Å². The molecule has 0 N–H and O–H groups in total. The highest BCUT2D eigenvalue weighted by Crippen LogP contribution is 2.26. The molecule has 0 aliphatic heterocycles. The molecule has 2 aromatic carbocycles. The number of aromatic nitrogens is 2. The van der Waals surface area contributed by atoms with Crippen molar-refractivity contribution < 1.29 is 9.26 Å². The van der Waals surface area contributed by atoms with E-state index in [0.29, 0.717) is 17.8 Å². The number of ether oxygens (including phenoxy) is 1. The van der Waals surface area contributed by atoms with Crippen LogP contribution in [0.2, 0.25) is 0 Å². The Morgan fingerprint density at radius 2 is 1.85 bits per heavy atom. The maximum Gasteiger partial charge on any atom is 0.258 e. The summed E-state index contributed by atoms with van der Waals surface area (Å²) >= 11 is 0. The lowest BCUT2D eigenvalue weighted by molar-refractivity contribution is 0.0772. The summed E-state index contributed by atoms with van der Waals surface area (Å²) in [5, 5.41) is 4.16. The van der Waals surface area contributed by atoms with Gasteiger partial charge in [0, 0.05) is 17.7 Å².